The van der Waals surface area contributed by atoms with E-state index in [0.29, 0.717) is 11.1 Å². The molecule has 0 aromatic heterocycles. The van der Waals surface area contributed by atoms with E-state index in [-0.39, 0.29) is 5.92 Å². The molecule has 2 nitrogen and oxygen atoms in total. The second-order valence-corrected chi connectivity index (χ2v) is 6.93. The predicted molar refractivity (Wildman–Crippen MR) is 85.3 cm³/mol. The minimum Gasteiger partial charge on any atom is -0.288 e. The van der Waals surface area contributed by atoms with Crippen molar-refractivity contribution in [2.75, 3.05) is 0 Å². The fraction of sp³-hybridized carbons (Fsp3) is 0.263. The number of hydroxylamine groups is 2. The summed E-state index contributed by atoms with van der Waals surface area (Å²) < 4.78 is 27.6. The Balaban J connectivity index is 1.91. The predicted octanol–water partition coefficient (Wildman–Crippen LogP) is 4.69. The summed E-state index contributed by atoms with van der Waals surface area (Å²) in [5, 5.41) is 11.8. The molecule has 23 heavy (non-hydrogen) atoms. The molecule has 118 valence electrons. The lowest BCUT2D eigenvalue weighted by Crippen LogP contribution is -2.45. The number of rotatable bonds is 0. The molecular formula is C19H17F2NO. The second kappa shape index (κ2) is 4.42. The van der Waals surface area contributed by atoms with Crippen LogP contribution in [0.3, 0.4) is 0 Å². The minimum atomic E-state index is -0.576. The zero-order chi connectivity index (χ0) is 16.5. The fourth-order valence-electron chi connectivity index (χ4n) is 3.75. The van der Waals surface area contributed by atoms with Gasteiger partial charge in [0.15, 0.2) is 0 Å². The Bertz CT molecular complexity index is 858. The lowest BCUT2D eigenvalue weighted by molar-refractivity contribution is -0.121. The Kier molecular flexibility index (Phi) is 2.77. The molecule has 4 heteroatoms. The lowest BCUT2D eigenvalue weighted by atomic mass is 9.79. The molecule has 4 rings (SSSR count). The van der Waals surface area contributed by atoms with E-state index < -0.39 is 17.2 Å². The van der Waals surface area contributed by atoms with Gasteiger partial charge in [-0.25, -0.2) is 8.78 Å². The number of hydrogen-bond acceptors (Lipinski definition) is 2. The van der Waals surface area contributed by atoms with Gasteiger partial charge in [0.1, 0.15) is 11.6 Å². The molecule has 0 amide bonds. The van der Waals surface area contributed by atoms with Crippen LogP contribution in [0.2, 0.25) is 0 Å². The molecule has 1 atom stereocenters. The van der Waals surface area contributed by atoms with Crippen molar-refractivity contribution in [2.24, 2.45) is 5.92 Å². The molecule has 0 saturated carbocycles. The molecule has 2 aliphatic carbocycles. The molecule has 0 fully saturated rings. The van der Waals surface area contributed by atoms with Crippen LogP contribution in [0.5, 0.6) is 0 Å². The van der Waals surface area contributed by atoms with Gasteiger partial charge in [-0.2, -0.15) is 0 Å². The van der Waals surface area contributed by atoms with Crippen molar-refractivity contribution < 1.29 is 14.0 Å². The smallest absolute Gasteiger partial charge is 0.133 e. The summed E-state index contributed by atoms with van der Waals surface area (Å²) >= 11 is 0. The third-order valence-corrected chi connectivity index (χ3v) is 4.81. The van der Waals surface area contributed by atoms with Gasteiger partial charge in [0.05, 0.1) is 11.2 Å². The maximum absolute atomic E-state index is 14.0. The van der Waals surface area contributed by atoms with Gasteiger partial charge in [0, 0.05) is 17.5 Å². The van der Waals surface area contributed by atoms with E-state index in [0.717, 1.165) is 28.5 Å². The standard InChI is InChI=1S/C19H17F2NO/c1-10-9-19(2,3)22(23)18-5-11-4-16-15(14(11)8-13(10)18)6-12(20)7-17(16)21/h4-9,13,23H,1-3H3. The first kappa shape index (κ1) is 14.4. The normalized spacial score (nSPS) is 24.1. The van der Waals surface area contributed by atoms with Gasteiger partial charge in [0.2, 0.25) is 0 Å². The molecule has 1 aromatic rings. The number of halogens is 2. The van der Waals surface area contributed by atoms with Crippen LogP contribution in [0.25, 0.3) is 11.6 Å². The van der Waals surface area contributed by atoms with E-state index >= 15 is 0 Å². The summed E-state index contributed by atoms with van der Waals surface area (Å²) in [4.78, 5) is 0. The zero-order valence-corrected chi connectivity index (χ0v) is 13.2. The van der Waals surface area contributed by atoms with Gasteiger partial charge in [-0.3, -0.25) is 10.3 Å². The summed E-state index contributed by atoms with van der Waals surface area (Å²) in [6.45, 7) is 5.88. The van der Waals surface area contributed by atoms with Crippen LogP contribution in [0.4, 0.5) is 8.78 Å². The summed E-state index contributed by atoms with van der Waals surface area (Å²) in [5.41, 5.74) is 4.00. The highest BCUT2D eigenvalue weighted by atomic mass is 19.1. The molecule has 0 radical (unpaired) electrons. The summed E-state index contributed by atoms with van der Waals surface area (Å²) in [6, 6.07) is 2.27. The molecule has 1 unspecified atom stereocenters. The topological polar surface area (TPSA) is 23.5 Å². The summed E-state index contributed by atoms with van der Waals surface area (Å²) in [6.07, 6.45) is 7.59. The van der Waals surface area contributed by atoms with Crippen molar-refractivity contribution in [1.29, 1.82) is 0 Å². The van der Waals surface area contributed by atoms with Crippen LogP contribution in [-0.2, 0) is 0 Å². The van der Waals surface area contributed by atoms with E-state index in [2.05, 4.69) is 0 Å². The van der Waals surface area contributed by atoms with E-state index in [1.165, 1.54) is 11.1 Å². The fourth-order valence-corrected chi connectivity index (χ4v) is 3.75. The van der Waals surface area contributed by atoms with Gasteiger partial charge in [-0.05, 0) is 55.7 Å². The van der Waals surface area contributed by atoms with Gasteiger partial charge in [-0.1, -0.05) is 17.7 Å². The summed E-state index contributed by atoms with van der Waals surface area (Å²) in [7, 11) is 0. The summed E-state index contributed by atoms with van der Waals surface area (Å²) in [5.74, 6) is -1.22. The molecule has 0 spiro atoms. The van der Waals surface area contributed by atoms with E-state index in [9.17, 15) is 14.0 Å². The lowest BCUT2D eigenvalue weighted by Gasteiger charge is -2.43. The molecular weight excluding hydrogens is 296 g/mol. The van der Waals surface area contributed by atoms with Gasteiger partial charge >= 0.3 is 0 Å². The number of fused-ring (bicyclic) bond motifs is 4. The van der Waals surface area contributed by atoms with E-state index in [1.54, 1.807) is 6.08 Å². The van der Waals surface area contributed by atoms with Crippen molar-refractivity contribution in [3.8, 4) is 0 Å². The Labute approximate surface area is 133 Å². The number of benzene rings is 1. The van der Waals surface area contributed by atoms with Crippen LogP contribution in [0.1, 0.15) is 31.9 Å². The molecule has 1 N–H and O–H groups in total. The van der Waals surface area contributed by atoms with Crippen LogP contribution >= 0.6 is 0 Å². The first-order chi connectivity index (χ1) is 10.8. The molecule has 3 aliphatic rings. The maximum Gasteiger partial charge on any atom is 0.133 e. The van der Waals surface area contributed by atoms with Gasteiger partial charge < -0.3 is 0 Å². The monoisotopic (exact) mass is 313 g/mol. The first-order valence-electron chi connectivity index (χ1n) is 7.61. The van der Waals surface area contributed by atoms with Crippen LogP contribution in [-0.4, -0.2) is 15.8 Å². The zero-order valence-electron chi connectivity index (χ0n) is 13.2. The molecule has 1 aliphatic heterocycles. The third-order valence-electron chi connectivity index (χ3n) is 4.81. The van der Waals surface area contributed by atoms with Crippen LogP contribution < -0.4 is 0 Å². The molecule has 1 heterocycles. The van der Waals surface area contributed by atoms with Crippen molar-refractivity contribution in [2.45, 2.75) is 26.3 Å². The maximum atomic E-state index is 14.0. The Morgan fingerprint density at radius 2 is 1.91 bits per heavy atom. The Morgan fingerprint density at radius 3 is 2.65 bits per heavy atom. The Hall–Kier alpha value is -2.20. The van der Waals surface area contributed by atoms with Crippen molar-refractivity contribution >= 4 is 11.6 Å². The third kappa shape index (κ3) is 1.94. The number of nitrogens with zero attached hydrogens (tertiary/aromatic N) is 1. The highest BCUT2D eigenvalue weighted by Crippen LogP contribution is 2.47. The van der Waals surface area contributed by atoms with E-state index in [4.69, 9.17) is 0 Å². The Morgan fingerprint density at radius 1 is 1.17 bits per heavy atom. The van der Waals surface area contributed by atoms with Gasteiger partial charge in [0.25, 0.3) is 0 Å². The van der Waals surface area contributed by atoms with Crippen molar-refractivity contribution in [1.82, 2.24) is 5.06 Å². The van der Waals surface area contributed by atoms with Crippen LogP contribution in [0, 0.1) is 17.6 Å². The van der Waals surface area contributed by atoms with E-state index in [1.807, 2.05) is 39.0 Å². The average Bonchev–Trinajstić information content (AvgIpc) is 2.81. The number of hydrogen-bond donors (Lipinski definition) is 1. The minimum absolute atomic E-state index is 0.0857. The first-order valence-corrected chi connectivity index (χ1v) is 7.61. The van der Waals surface area contributed by atoms with Crippen molar-refractivity contribution in [3.05, 3.63) is 70.0 Å². The molecule has 0 saturated heterocycles. The number of allylic oxidation sites excluding steroid dienone is 4. The highest BCUT2D eigenvalue weighted by molar-refractivity contribution is 5.98. The van der Waals surface area contributed by atoms with Crippen molar-refractivity contribution in [3.63, 3.8) is 0 Å². The molecule has 0 bridgehead atoms. The average molecular weight is 313 g/mol. The quantitative estimate of drug-likeness (QED) is 0.702. The SMILES string of the molecule is CC1=CC(C)(C)N(O)C2=CC3=Cc4c(F)cc(F)cc4C3=CC12. The molecule has 1 aromatic carbocycles. The largest absolute Gasteiger partial charge is 0.288 e. The second-order valence-electron chi connectivity index (χ2n) is 6.93. The van der Waals surface area contributed by atoms with Gasteiger partial charge in [-0.15, -0.1) is 0 Å². The highest BCUT2D eigenvalue weighted by Gasteiger charge is 2.38. The van der Waals surface area contributed by atoms with Crippen LogP contribution in [0.15, 0.2) is 47.2 Å².